The Morgan fingerprint density at radius 1 is 1.04 bits per heavy atom. The average molecular weight is 328 g/mol. The first-order chi connectivity index (χ1) is 11.7. The van der Waals surface area contributed by atoms with E-state index < -0.39 is 0 Å². The predicted octanol–water partition coefficient (Wildman–Crippen LogP) is 1.45. The van der Waals surface area contributed by atoms with Gasteiger partial charge in [0.2, 0.25) is 5.91 Å². The molecule has 2 saturated heterocycles. The maximum Gasteiger partial charge on any atom is 0.261 e. The van der Waals surface area contributed by atoms with Gasteiger partial charge in [-0.15, -0.1) is 0 Å². The van der Waals surface area contributed by atoms with E-state index >= 15 is 0 Å². The topological polar surface area (TPSA) is 66.9 Å². The van der Waals surface area contributed by atoms with Gasteiger partial charge < -0.3 is 9.64 Å². The zero-order valence-corrected chi connectivity index (χ0v) is 13.4. The molecular formula is C18H20N2O4. The molecule has 0 spiro atoms. The highest BCUT2D eigenvalue weighted by Crippen LogP contribution is 2.29. The van der Waals surface area contributed by atoms with Crippen LogP contribution in [0.1, 0.15) is 46.4 Å². The molecule has 6 nitrogen and oxygen atoms in total. The van der Waals surface area contributed by atoms with Gasteiger partial charge in [0.15, 0.2) is 0 Å². The standard InChI is InChI=1S/C18H20N2O4/c21-16(20-12-7-8-13(20)11-24-10-12)6-3-9-19-17(22)14-4-1-2-5-15(14)18(19)23/h1-2,4-5,12-13H,3,6-11H2/t12-,13+. The summed E-state index contributed by atoms with van der Waals surface area (Å²) < 4.78 is 5.50. The third kappa shape index (κ3) is 2.41. The number of morpholine rings is 1. The van der Waals surface area contributed by atoms with Crippen LogP contribution in [0.25, 0.3) is 0 Å². The van der Waals surface area contributed by atoms with Gasteiger partial charge >= 0.3 is 0 Å². The van der Waals surface area contributed by atoms with Crippen LogP contribution in [-0.4, -0.2) is 59.4 Å². The summed E-state index contributed by atoms with van der Waals surface area (Å²) in [6, 6.07) is 7.26. The van der Waals surface area contributed by atoms with Gasteiger partial charge in [-0.1, -0.05) is 12.1 Å². The fourth-order valence-electron chi connectivity index (χ4n) is 4.00. The van der Waals surface area contributed by atoms with Crippen molar-refractivity contribution in [2.45, 2.75) is 37.8 Å². The lowest BCUT2D eigenvalue weighted by Gasteiger charge is -2.34. The lowest BCUT2D eigenvalue weighted by Crippen LogP contribution is -2.49. The van der Waals surface area contributed by atoms with E-state index in [1.54, 1.807) is 24.3 Å². The molecule has 2 atom stereocenters. The Morgan fingerprint density at radius 2 is 1.62 bits per heavy atom. The fraction of sp³-hybridized carbons (Fsp3) is 0.500. The second kappa shape index (κ2) is 6.02. The molecule has 3 amide bonds. The second-order valence-electron chi connectivity index (χ2n) is 6.63. The summed E-state index contributed by atoms with van der Waals surface area (Å²) in [7, 11) is 0. The third-order valence-corrected chi connectivity index (χ3v) is 5.18. The molecule has 0 saturated carbocycles. The van der Waals surface area contributed by atoms with Crippen molar-refractivity contribution in [1.29, 1.82) is 0 Å². The zero-order valence-electron chi connectivity index (χ0n) is 13.4. The van der Waals surface area contributed by atoms with Crippen LogP contribution in [0.4, 0.5) is 0 Å². The van der Waals surface area contributed by atoms with Crippen LogP contribution in [0, 0.1) is 0 Å². The highest BCUT2D eigenvalue weighted by atomic mass is 16.5. The maximum absolute atomic E-state index is 12.5. The van der Waals surface area contributed by atoms with Crippen LogP contribution in [0.3, 0.4) is 0 Å². The van der Waals surface area contributed by atoms with E-state index in [9.17, 15) is 14.4 Å². The van der Waals surface area contributed by atoms with Crippen molar-refractivity contribution in [2.24, 2.45) is 0 Å². The van der Waals surface area contributed by atoms with Crippen LogP contribution in [0.2, 0.25) is 0 Å². The first-order valence-electron chi connectivity index (χ1n) is 8.51. The van der Waals surface area contributed by atoms with Crippen LogP contribution >= 0.6 is 0 Å². The van der Waals surface area contributed by atoms with Crippen LogP contribution < -0.4 is 0 Å². The van der Waals surface area contributed by atoms with Gasteiger partial charge in [-0.25, -0.2) is 0 Å². The Labute approximate surface area is 140 Å². The summed E-state index contributed by atoms with van der Waals surface area (Å²) in [6.07, 6.45) is 2.88. The average Bonchev–Trinajstić information content (AvgIpc) is 2.99. The molecule has 0 aromatic heterocycles. The largest absolute Gasteiger partial charge is 0.377 e. The Kier molecular flexibility index (Phi) is 3.84. The smallest absolute Gasteiger partial charge is 0.261 e. The van der Waals surface area contributed by atoms with Crippen molar-refractivity contribution >= 4 is 17.7 Å². The minimum Gasteiger partial charge on any atom is -0.377 e. The van der Waals surface area contributed by atoms with Crippen LogP contribution in [-0.2, 0) is 9.53 Å². The first kappa shape index (κ1) is 15.3. The molecule has 2 bridgehead atoms. The molecule has 1 aromatic carbocycles. The zero-order chi connectivity index (χ0) is 16.7. The second-order valence-corrected chi connectivity index (χ2v) is 6.63. The van der Waals surface area contributed by atoms with E-state index in [2.05, 4.69) is 0 Å². The first-order valence-corrected chi connectivity index (χ1v) is 8.51. The molecule has 3 aliphatic rings. The lowest BCUT2D eigenvalue weighted by molar-refractivity contribution is -0.141. The third-order valence-electron chi connectivity index (χ3n) is 5.18. The summed E-state index contributed by atoms with van der Waals surface area (Å²) in [5, 5.41) is 0. The number of ether oxygens (including phenoxy) is 1. The Balaban J connectivity index is 1.34. The number of hydrogen-bond donors (Lipinski definition) is 0. The molecule has 3 aliphatic heterocycles. The predicted molar refractivity (Wildman–Crippen MR) is 85.5 cm³/mol. The summed E-state index contributed by atoms with van der Waals surface area (Å²) in [5.41, 5.74) is 0.917. The SMILES string of the molecule is O=C1c2ccccc2C(=O)N1CCCC(=O)N1[C@@H]2CC[C@H]1COC2. The van der Waals surface area contributed by atoms with Gasteiger partial charge in [0, 0.05) is 13.0 Å². The number of imide groups is 1. The molecule has 24 heavy (non-hydrogen) atoms. The van der Waals surface area contributed by atoms with Crippen molar-refractivity contribution in [3.8, 4) is 0 Å². The number of carbonyl (C=O) groups is 3. The molecule has 126 valence electrons. The van der Waals surface area contributed by atoms with Gasteiger partial charge in [-0.2, -0.15) is 0 Å². The molecule has 0 N–H and O–H groups in total. The molecule has 0 aliphatic carbocycles. The fourth-order valence-corrected chi connectivity index (χ4v) is 4.00. The van der Waals surface area contributed by atoms with E-state index in [0.717, 1.165) is 12.8 Å². The Hall–Kier alpha value is -2.21. The molecule has 1 aromatic rings. The van der Waals surface area contributed by atoms with Crippen molar-refractivity contribution in [3.05, 3.63) is 35.4 Å². The normalized spacial score (nSPS) is 25.3. The monoisotopic (exact) mass is 328 g/mol. The molecule has 0 unspecified atom stereocenters. The van der Waals surface area contributed by atoms with Crippen LogP contribution in [0.15, 0.2) is 24.3 Å². The van der Waals surface area contributed by atoms with Crippen molar-refractivity contribution in [1.82, 2.24) is 9.80 Å². The number of benzene rings is 1. The molecular weight excluding hydrogens is 308 g/mol. The Bertz CT molecular complexity index is 651. The minimum atomic E-state index is -0.255. The Morgan fingerprint density at radius 3 is 2.21 bits per heavy atom. The van der Waals surface area contributed by atoms with Crippen molar-refractivity contribution < 1.29 is 19.1 Å². The number of nitrogens with zero attached hydrogens (tertiary/aromatic N) is 2. The van der Waals surface area contributed by atoms with E-state index in [-0.39, 0.29) is 36.3 Å². The summed E-state index contributed by atoms with van der Waals surface area (Å²) >= 11 is 0. The number of hydrogen-bond acceptors (Lipinski definition) is 4. The molecule has 4 rings (SSSR count). The van der Waals surface area contributed by atoms with E-state index in [0.29, 0.717) is 37.2 Å². The van der Waals surface area contributed by atoms with E-state index in [1.165, 1.54) is 4.90 Å². The van der Waals surface area contributed by atoms with Crippen LogP contribution in [0.5, 0.6) is 0 Å². The van der Waals surface area contributed by atoms with E-state index in [4.69, 9.17) is 4.74 Å². The van der Waals surface area contributed by atoms with Gasteiger partial charge in [-0.05, 0) is 31.4 Å². The number of carbonyl (C=O) groups excluding carboxylic acids is 3. The number of rotatable bonds is 4. The summed E-state index contributed by atoms with van der Waals surface area (Å²) in [5.74, 6) is -0.397. The number of amides is 3. The van der Waals surface area contributed by atoms with Crippen molar-refractivity contribution in [2.75, 3.05) is 19.8 Å². The van der Waals surface area contributed by atoms with Gasteiger partial charge in [0.1, 0.15) is 0 Å². The summed E-state index contributed by atoms with van der Waals surface area (Å²) in [4.78, 5) is 40.3. The molecule has 3 heterocycles. The lowest BCUT2D eigenvalue weighted by atomic mass is 10.1. The maximum atomic E-state index is 12.5. The molecule has 6 heteroatoms. The summed E-state index contributed by atoms with van der Waals surface area (Å²) in [6.45, 7) is 1.54. The number of fused-ring (bicyclic) bond motifs is 3. The van der Waals surface area contributed by atoms with Gasteiger partial charge in [-0.3, -0.25) is 19.3 Å². The van der Waals surface area contributed by atoms with E-state index in [1.807, 2.05) is 4.90 Å². The van der Waals surface area contributed by atoms with Crippen molar-refractivity contribution in [3.63, 3.8) is 0 Å². The molecule has 2 fully saturated rings. The molecule has 0 radical (unpaired) electrons. The highest BCUT2D eigenvalue weighted by Gasteiger charge is 2.40. The van der Waals surface area contributed by atoms with Gasteiger partial charge in [0.25, 0.3) is 11.8 Å². The van der Waals surface area contributed by atoms with Gasteiger partial charge in [0.05, 0.1) is 36.4 Å². The minimum absolute atomic E-state index is 0.113. The quantitative estimate of drug-likeness (QED) is 0.785. The highest BCUT2D eigenvalue weighted by molar-refractivity contribution is 6.21.